The summed E-state index contributed by atoms with van der Waals surface area (Å²) in [5.74, 6) is 0.681. The van der Waals surface area contributed by atoms with E-state index in [1.165, 1.54) is 7.11 Å². The highest BCUT2D eigenvalue weighted by molar-refractivity contribution is 9.10. The average Bonchev–Trinajstić information content (AvgIpc) is 2.65. The van der Waals surface area contributed by atoms with Gasteiger partial charge in [-0.05, 0) is 71.2 Å². The maximum atomic E-state index is 8.89. The summed E-state index contributed by atoms with van der Waals surface area (Å²) in [6.45, 7) is 4.04. The van der Waals surface area contributed by atoms with Gasteiger partial charge in [0.1, 0.15) is 0 Å². The molecule has 1 heterocycles. The van der Waals surface area contributed by atoms with Crippen molar-refractivity contribution in [1.82, 2.24) is 15.0 Å². The van der Waals surface area contributed by atoms with Gasteiger partial charge in [0.15, 0.2) is 0 Å². The number of nitrogens with zero attached hydrogens (tertiary/aromatic N) is 4. The molecule has 3 rings (SSSR count). The van der Waals surface area contributed by atoms with Crippen LogP contribution in [0.15, 0.2) is 40.9 Å². The molecule has 2 aromatic carbocycles. The number of rotatable bonds is 5. The summed E-state index contributed by atoms with van der Waals surface area (Å²) >= 11 is 3.57. The second-order valence-electron chi connectivity index (χ2n) is 5.85. The average molecular weight is 425 g/mol. The quantitative estimate of drug-likeness (QED) is 0.616. The SMILES string of the molecule is COc1nc(Nc2ccc(C#N)cc2)nc(Nc2c(C)cc(C)cc2Br)n1. The molecule has 0 saturated heterocycles. The molecule has 0 fully saturated rings. The summed E-state index contributed by atoms with van der Waals surface area (Å²) in [5, 5.41) is 15.2. The molecule has 0 radical (unpaired) electrons. The first-order valence-corrected chi connectivity index (χ1v) is 8.89. The van der Waals surface area contributed by atoms with Gasteiger partial charge < -0.3 is 15.4 Å². The fourth-order valence-electron chi connectivity index (χ4n) is 2.50. The third kappa shape index (κ3) is 4.51. The molecular formula is C19H17BrN6O. The lowest BCUT2D eigenvalue weighted by Crippen LogP contribution is -2.06. The maximum Gasteiger partial charge on any atom is 0.322 e. The molecule has 0 aliphatic rings. The standard InChI is InChI=1S/C19H17BrN6O/c1-11-8-12(2)16(15(20)9-11)23-18-24-17(25-19(26-18)27-3)22-14-6-4-13(10-21)5-7-14/h4-9H,1-3H3,(H2,22,23,24,25,26). The topological polar surface area (TPSA) is 95.8 Å². The van der Waals surface area contributed by atoms with Gasteiger partial charge in [-0.15, -0.1) is 0 Å². The predicted octanol–water partition coefficient (Wildman–Crippen LogP) is 4.62. The Balaban J connectivity index is 1.90. The lowest BCUT2D eigenvalue weighted by Gasteiger charge is -2.13. The summed E-state index contributed by atoms with van der Waals surface area (Å²) in [5.41, 5.74) is 4.42. The number of halogens is 1. The van der Waals surface area contributed by atoms with Crippen LogP contribution in [0.25, 0.3) is 0 Å². The Bertz CT molecular complexity index is 991. The van der Waals surface area contributed by atoms with Crippen LogP contribution >= 0.6 is 15.9 Å². The van der Waals surface area contributed by atoms with Gasteiger partial charge in [0.2, 0.25) is 11.9 Å². The van der Waals surface area contributed by atoms with E-state index in [9.17, 15) is 0 Å². The monoisotopic (exact) mass is 424 g/mol. The summed E-state index contributed by atoms with van der Waals surface area (Å²) in [6.07, 6.45) is 0. The molecule has 136 valence electrons. The van der Waals surface area contributed by atoms with Gasteiger partial charge in [0.05, 0.1) is 24.4 Å². The minimum atomic E-state index is 0.185. The van der Waals surface area contributed by atoms with Crippen molar-refractivity contribution in [1.29, 1.82) is 5.26 Å². The van der Waals surface area contributed by atoms with Crippen LogP contribution in [0.3, 0.4) is 0 Å². The van der Waals surface area contributed by atoms with Crippen LogP contribution in [0, 0.1) is 25.2 Å². The molecular weight excluding hydrogens is 408 g/mol. The third-order valence-corrected chi connectivity index (χ3v) is 4.36. The first-order valence-electron chi connectivity index (χ1n) is 8.09. The van der Waals surface area contributed by atoms with Crippen molar-refractivity contribution in [3.63, 3.8) is 0 Å². The molecule has 7 nitrogen and oxygen atoms in total. The van der Waals surface area contributed by atoms with Gasteiger partial charge in [0, 0.05) is 10.2 Å². The highest BCUT2D eigenvalue weighted by atomic mass is 79.9. The number of ether oxygens (including phenoxy) is 1. The van der Waals surface area contributed by atoms with E-state index in [1.54, 1.807) is 24.3 Å². The van der Waals surface area contributed by atoms with Crippen molar-refractivity contribution >= 4 is 39.2 Å². The van der Waals surface area contributed by atoms with Crippen LogP contribution in [-0.4, -0.2) is 22.1 Å². The van der Waals surface area contributed by atoms with Crippen molar-refractivity contribution < 1.29 is 4.74 Å². The number of methoxy groups -OCH3 is 1. The van der Waals surface area contributed by atoms with Crippen LogP contribution in [0.4, 0.5) is 23.3 Å². The minimum Gasteiger partial charge on any atom is -0.467 e. The zero-order valence-electron chi connectivity index (χ0n) is 15.0. The third-order valence-electron chi connectivity index (χ3n) is 3.74. The lowest BCUT2D eigenvalue weighted by atomic mass is 10.1. The molecule has 3 aromatic rings. The lowest BCUT2D eigenvalue weighted by molar-refractivity contribution is 0.380. The van der Waals surface area contributed by atoms with Crippen molar-refractivity contribution in [3.8, 4) is 12.1 Å². The van der Waals surface area contributed by atoms with Crippen LogP contribution in [-0.2, 0) is 0 Å². The summed E-state index contributed by atoms with van der Waals surface area (Å²) in [6, 6.07) is 13.3. The Kier molecular flexibility index (Phi) is 5.52. The van der Waals surface area contributed by atoms with Crippen molar-refractivity contribution in [2.75, 3.05) is 17.7 Å². The second kappa shape index (κ2) is 8.01. The number of hydrogen-bond acceptors (Lipinski definition) is 7. The summed E-state index contributed by atoms with van der Waals surface area (Å²) < 4.78 is 6.11. The van der Waals surface area contributed by atoms with E-state index in [4.69, 9.17) is 10.00 Å². The molecule has 0 saturated carbocycles. The normalized spacial score (nSPS) is 10.2. The minimum absolute atomic E-state index is 0.185. The summed E-state index contributed by atoms with van der Waals surface area (Å²) in [7, 11) is 1.50. The fourth-order valence-corrected chi connectivity index (χ4v) is 3.28. The Hall–Kier alpha value is -3.18. The van der Waals surface area contributed by atoms with Crippen LogP contribution in [0.5, 0.6) is 6.01 Å². The number of nitrogens with one attached hydrogen (secondary N) is 2. The van der Waals surface area contributed by atoms with Gasteiger partial charge >= 0.3 is 6.01 Å². The van der Waals surface area contributed by atoms with E-state index in [-0.39, 0.29) is 6.01 Å². The first-order chi connectivity index (χ1) is 13.0. The van der Waals surface area contributed by atoms with E-state index < -0.39 is 0 Å². The van der Waals surface area contributed by atoms with E-state index in [2.05, 4.69) is 53.7 Å². The molecule has 8 heteroatoms. The predicted molar refractivity (Wildman–Crippen MR) is 108 cm³/mol. The number of aryl methyl sites for hydroxylation is 2. The molecule has 27 heavy (non-hydrogen) atoms. The number of benzene rings is 2. The molecule has 0 aliphatic heterocycles. The molecule has 0 atom stereocenters. The van der Waals surface area contributed by atoms with Crippen LogP contribution < -0.4 is 15.4 Å². The largest absolute Gasteiger partial charge is 0.467 e. The zero-order chi connectivity index (χ0) is 19.4. The molecule has 1 aromatic heterocycles. The Morgan fingerprint density at radius 3 is 2.26 bits per heavy atom. The second-order valence-corrected chi connectivity index (χ2v) is 6.70. The van der Waals surface area contributed by atoms with Gasteiger partial charge in [-0.25, -0.2) is 0 Å². The van der Waals surface area contributed by atoms with E-state index in [1.807, 2.05) is 19.9 Å². The highest BCUT2D eigenvalue weighted by Gasteiger charge is 2.11. The van der Waals surface area contributed by atoms with Gasteiger partial charge in [-0.2, -0.15) is 20.2 Å². The molecule has 0 unspecified atom stereocenters. The van der Waals surface area contributed by atoms with E-state index in [0.29, 0.717) is 17.5 Å². The number of anilines is 4. The Labute approximate surface area is 165 Å². The highest BCUT2D eigenvalue weighted by Crippen LogP contribution is 2.30. The Morgan fingerprint density at radius 2 is 1.67 bits per heavy atom. The Morgan fingerprint density at radius 1 is 1.00 bits per heavy atom. The zero-order valence-corrected chi connectivity index (χ0v) is 16.6. The summed E-state index contributed by atoms with van der Waals surface area (Å²) in [4.78, 5) is 12.9. The van der Waals surface area contributed by atoms with Crippen LogP contribution in [0.1, 0.15) is 16.7 Å². The van der Waals surface area contributed by atoms with Crippen molar-refractivity contribution in [3.05, 3.63) is 57.6 Å². The number of aromatic nitrogens is 3. The smallest absolute Gasteiger partial charge is 0.322 e. The van der Waals surface area contributed by atoms with Crippen LogP contribution in [0.2, 0.25) is 0 Å². The molecule has 0 amide bonds. The van der Waals surface area contributed by atoms with E-state index >= 15 is 0 Å². The van der Waals surface area contributed by atoms with Gasteiger partial charge in [0.25, 0.3) is 0 Å². The van der Waals surface area contributed by atoms with Crippen molar-refractivity contribution in [2.24, 2.45) is 0 Å². The molecule has 2 N–H and O–H groups in total. The van der Waals surface area contributed by atoms with Gasteiger partial charge in [-0.1, -0.05) is 6.07 Å². The fraction of sp³-hybridized carbons (Fsp3) is 0.158. The number of nitriles is 1. The molecule has 0 spiro atoms. The van der Waals surface area contributed by atoms with Crippen molar-refractivity contribution in [2.45, 2.75) is 13.8 Å². The molecule has 0 aliphatic carbocycles. The molecule has 0 bridgehead atoms. The number of hydrogen-bond donors (Lipinski definition) is 2. The first kappa shape index (κ1) is 18.6. The van der Waals surface area contributed by atoms with E-state index in [0.717, 1.165) is 27.0 Å². The van der Waals surface area contributed by atoms with Gasteiger partial charge in [-0.3, -0.25) is 0 Å². The maximum absolute atomic E-state index is 8.89.